The van der Waals surface area contributed by atoms with Crippen molar-refractivity contribution in [1.29, 1.82) is 0 Å². The van der Waals surface area contributed by atoms with E-state index in [1.165, 1.54) is 12.5 Å². The number of carbonyl (C=O) groups is 3. The van der Waals surface area contributed by atoms with Crippen molar-refractivity contribution in [1.82, 2.24) is 20.6 Å². The number of H-pyrrole nitrogens is 1. The molecule has 0 fully saturated rings. The number of nitrogens with one attached hydrogen (secondary N) is 3. The molecule has 0 aliphatic carbocycles. The minimum atomic E-state index is -1.16. The molecule has 1 aromatic rings. The topological polar surface area (TPSA) is 150 Å². The number of aromatic amines is 1. The molecular weight excluding hydrogens is 370 g/mol. The largest absolute Gasteiger partial charge is 0.480 e. The Morgan fingerprint density at radius 2 is 2.04 bits per heavy atom. The predicted molar refractivity (Wildman–Crippen MR) is 104 cm³/mol. The van der Waals surface area contributed by atoms with Crippen molar-refractivity contribution in [2.75, 3.05) is 12.0 Å². The summed E-state index contributed by atoms with van der Waals surface area (Å²) in [5.41, 5.74) is 6.46. The second kappa shape index (κ2) is 11.6. The van der Waals surface area contributed by atoms with Gasteiger partial charge in [0.05, 0.1) is 12.4 Å². The van der Waals surface area contributed by atoms with Crippen LogP contribution in [0.3, 0.4) is 0 Å². The Bertz CT molecular complexity index is 610. The number of carbonyl (C=O) groups excluding carboxylic acids is 2. The predicted octanol–water partition coefficient (Wildman–Crippen LogP) is 0.133. The maximum atomic E-state index is 12.7. The van der Waals surface area contributed by atoms with Gasteiger partial charge in [-0.2, -0.15) is 11.8 Å². The maximum Gasteiger partial charge on any atom is 0.326 e. The number of carboxylic acid groups (broad SMARTS) is 1. The molecule has 0 saturated heterocycles. The van der Waals surface area contributed by atoms with Crippen LogP contribution in [0.5, 0.6) is 0 Å². The van der Waals surface area contributed by atoms with E-state index in [0.29, 0.717) is 18.5 Å². The summed E-state index contributed by atoms with van der Waals surface area (Å²) >= 11 is 1.58. The van der Waals surface area contributed by atoms with Crippen molar-refractivity contribution in [3.63, 3.8) is 0 Å². The normalized spacial score (nSPS) is 15.4. The number of nitrogens with zero attached hydrogens (tertiary/aromatic N) is 1. The van der Waals surface area contributed by atoms with Gasteiger partial charge < -0.3 is 26.5 Å². The van der Waals surface area contributed by atoms with E-state index in [0.717, 1.165) is 5.75 Å². The Kier molecular flexibility index (Phi) is 9.87. The highest BCUT2D eigenvalue weighted by molar-refractivity contribution is 7.98. The summed E-state index contributed by atoms with van der Waals surface area (Å²) in [6.45, 7) is 3.71. The first-order chi connectivity index (χ1) is 12.8. The molecule has 0 unspecified atom stereocenters. The van der Waals surface area contributed by atoms with E-state index in [4.69, 9.17) is 5.73 Å². The van der Waals surface area contributed by atoms with Crippen LogP contribution in [0.25, 0.3) is 0 Å². The van der Waals surface area contributed by atoms with Gasteiger partial charge >= 0.3 is 5.97 Å². The Morgan fingerprint density at radius 1 is 1.33 bits per heavy atom. The van der Waals surface area contributed by atoms with Gasteiger partial charge in [0.2, 0.25) is 11.8 Å². The zero-order valence-corrected chi connectivity index (χ0v) is 16.7. The zero-order valence-electron chi connectivity index (χ0n) is 15.9. The fourth-order valence-electron chi connectivity index (χ4n) is 2.42. The van der Waals surface area contributed by atoms with Crippen molar-refractivity contribution in [3.05, 3.63) is 18.2 Å². The average Bonchev–Trinajstić information content (AvgIpc) is 3.15. The van der Waals surface area contributed by atoms with Crippen LogP contribution in [-0.4, -0.2) is 63.0 Å². The van der Waals surface area contributed by atoms with E-state index in [9.17, 15) is 19.5 Å². The summed E-state index contributed by atoms with van der Waals surface area (Å²) in [6.07, 6.45) is 6.06. The summed E-state index contributed by atoms with van der Waals surface area (Å²) in [5, 5.41) is 14.6. The Labute approximate surface area is 163 Å². The van der Waals surface area contributed by atoms with Gasteiger partial charge in [-0.3, -0.25) is 9.59 Å². The van der Waals surface area contributed by atoms with E-state index in [1.54, 1.807) is 11.8 Å². The first-order valence-electron chi connectivity index (χ1n) is 8.85. The molecule has 0 aliphatic heterocycles. The van der Waals surface area contributed by atoms with E-state index < -0.39 is 35.9 Å². The summed E-state index contributed by atoms with van der Waals surface area (Å²) < 4.78 is 0. The Balaban J connectivity index is 2.80. The number of carboxylic acids is 1. The molecule has 6 N–H and O–H groups in total. The number of imidazole rings is 1. The van der Waals surface area contributed by atoms with Gasteiger partial charge in [-0.25, -0.2) is 9.78 Å². The molecule has 2 amide bonds. The second-order valence-corrected chi connectivity index (χ2v) is 7.43. The zero-order chi connectivity index (χ0) is 20.4. The van der Waals surface area contributed by atoms with Crippen LogP contribution in [0.4, 0.5) is 0 Å². The summed E-state index contributed by atoms with van der Waals surface area (Å²) in [7, 11) is 0. The fourth-order valence-corrected chi connectivity index (χ4v) is 2.91. The van der Waals surface area contributed by atoms with Crippen LogP contribution in [0.2, 0.25) is 0 Å². The number of hydrogen-bond donors (Lipinski definition) is 5. The van der Waals surface area contributed by atoms with Crippen molar-refractivity contribution >= 4 is 29.5 Å². The van der Waals surface area contributed by atoms with Crippen LogP contribution >= 0.6 is 11.8 Å². The molecule has 10 heteroatoms. The Hall–Kier alpha value is -2.07. The quantitative estimate of drug-likeness (QED) is 0.335. The first-order valence-corrected chi connectivity index (χ1v) is 10.2. The summed E-state index contributed by atoms with van der Waals surface area (Å²) in [5.74, 6) is -1.56. The highest BCUT2D eigenvalue weighted by atomic mass is 32.2. The number of rotatable bonds is 12. The standard InChI is InChI=1S/C17H29N5O4S/c1-4-10(2)14(22-15(23)12(18)5-6-27-3)16(24)21-13(17(25)26)7-11-8-19-9-20-11/h8-10,12-14H,4-7,18H2,1-3H3,(H,19,20)(H,21,24)(H,22,23)(H,25,26)/t10-,12-,13-,14-/m0/s1. The van der Waals surface area contributed by atoms with Gasteiger partial charge in [-0.15, -0.1) is 0 Å². The Morgan fingerprint density at radius 3 is 2.56 bits per heavy atom. The molecule has 9 nitrogen and oxygen atoms in total. The van der Waals surface area contributed by atoms with E-state index in [1.807, 2.05) is 20.1 Å². The SMILES string of the molecule is CC[C@H](C)[C@H](NC(=O)[C@@H](N)CCSC)C(=O)N[C@@H](Cc1cnc[nH]1)C(=O)O. The smallest absolute Gasteiger partial charge is 0.326 e. The fraction of sp³-hybridized carbons (Fsp3) is 0.647. The summed E-state index contributed by atoms with van der Waals surface area (Å²) in [4.78, 5) is 43.2. The molecule has 1 heterocycles. The molecule has 27 heavy (non-hydrogen) atoms. The van der Waals surface area contributed by atoms with Crippen LogP contribution in [0.15, 0.2) is 12.5 Å². The molecule has 4 atom stereocenters. The number of amides is 2. The molecule has 0 bridgehead atoms. The molecule has 1 aromatic heterocycles. The highest BCUT2D eigenvalue weighted by Crippen LogP contribution is 2.10. The lowest BCUT2D eigenvalue weighted by atomic mass is 9.97. The van der Waals surface area contributed by atoms with Crippen molar-refractivity contribution < 1.29 is 19.5 Å². The van der Waals surface area contributed by atoms with E-state index in [2.05, 4.69) is 20.6 Å². The number of aliphatic carboxylic acids is 1. The minimum absolute atomic E-state index is 0.0650. The lowest BCUT2D eigenvalue weighted by Gasteiger charge is -2.26. The van der Waals surface area contributed by atoms with Crippen LogP contribution in [0, 0.1) is 5.92 Å². The van der Waals surface area contributed by atoms with Gasteiger partial charge in [-0.1, -0.05) is 20.3 Å². The van der Waals surface area contributed by atoms with Crippen molar-refractivity contribution in [3.8, 4) is 0 Å². The van der Waals surface area contributed by atoms with Gasteiger partial charge in [0.1, 0.15) is 12.1 Å². The van der Waals surface area contributed by atoms with E-state index >= 15 is 0 Å². The lowest BCUT2D eigenvalue weighted by molar-refractivity contribution is -0.142. The number of hydrogen-bond acceptors (Lipinski definition) is 6. The third kappa shape index (κ3) is 7.59. The van der Waals surface area contributed by atoms with Gasteiger partial charge in [0.15, 0.2) is 0 Å². The van der Waals surface area contributed by atoms with Crippen LogP contribution in [-0.2, 0) is 20.8 Å². The third-order valence-electron chi connectivity index (χ3n) is 4.36. The number of aromatic nitrogens is 2. The average molecular weight is 400 g/mol. The molecule has 1 rings (SSSR count). The first kappa shape index (κ1) is 23.0. The molecular formula is C17H29N5O4S. The molecule has 0 spiro atoms. The monoisotopic (exact) mass is 399 g/mol. The molecule has 0 aliphatic rings. The molecule has 0 saturated carbocycles. The minimum Gasteiger partial charge on any atom is -0.480 e. The second-order valence-electron chi connectivity index (χ2n) is 6.44. The van der Waals surface area contributed by atoms with E-state index in [-0.39, 0.29) is 12.3 Å². The molecule has 0 aromatic carbocycles. The lowest BCUT2D eigenvalue weighted by Crippen LogP contribution is -2.57. The molecule has 152 valence electrons. The van der Waals surface area contributed by atoms with Crippen LogP contribution < -0.4 is 16.4 Å². The van der Waals surface area contributed by atoms with Crippen molar-refractivity contribution in [2.24, 2.45) is 11.7 Å². The van der Waals surface area contributed by atoms with Crippen molar-refractivity contribution in [2.45, 2.75) is 51.2 Å². The van der Waals surface area contributed by atoms with Gasteiger partial charge in [0.25, 0.3) is 0 Å². The maximum absolute atomic E-state index is 12.7. The van der Waals surface area contributed by atoms with Crippen LogP contribution in [0.1, 0.15) is 32.4 Å². The van der Waals surface area contributed by atoms with Gasteiger partial charge in [-0.05, 0) is 24.3 Å². The highest BCUT2D eigenvalue weighted by Gasteiger charge is 2.31. The van der Waals surface area contributed by atoms with Gasteiger partial charge in [0, 0.05) is 18.3 Å². The number of thioether (sulfide) groups is 1. The number of nitrogens with two attached hydrogens (primary N) is 1. The summed E-state index contributed by atoms with van der Waals surface area (Å²) in [6, 6.07) is -2.70. The molecule has 0 radical (unpaired) electrons. The third-order valence-corrected chi connectivity index (χ3v) is 5.00.